The van der Waals surface area contributed by atoms with E-state index in [2.05, 4.69) is 39.4 Å². The van der Waals surface area contributed by atoms with Gasteiger partial charge in [-0.05, 0) is 49.9 Å². The third kappa shape index (κ3) is 8.34. The van der Waals surface area contributed by atoms with Crippen LogP contribution < -0.4 is 5.32 Å². The first-order valence-corrected chi connectivity index (χ1v) is 12.8. The SMILES string of the molecule is CC[C@@H](C)NC(=O)[C@@H](CC)N(Cc1cccc(C)c1)C(=O)CSCc1ccc(Br)cc1. The van der Waals surface area contributed by atoms with Crippen LogP contribution in [-0.2, 0) is 21.9 Å². The highest BCUT2D eigenvalue weighted by molar-refractivity contribution is 9.10. The standard InChI is InChI=1S/C25H33BrN2O2S/c1-5-19(4)27-25(30)23(6-2)28(15-21-9-7-8-18(3)14-21)24(29)17-31-16-20-10-12-22(26)13-11-20/h7-14,19,23H,5-6,15-17H2,1-4H3,(H,27,30)/t19-,23-/m1/s1. The van der Waals surface area contributed by atoms with Crippen molar-refractivity contribution in [1.82, 2.24) is 10.2 Å². The fourth-order valence-electron chi connectivity index (χ4n) is 3.29. The lowest BCUT2D eigenvalue weighted by molar-refractivity contribution is -0.139. The highest BCUT2D eigenvalue weighted by Gasteiger charge is 2.29. The normalized spacial score (nSPS) is 12.8. The number of amides is 2. The minimum absolute atomic E-state index is 0.00484. The van der Waals surface area contributed by atoms with Gasteiger partial charge in [-0.15, -0.1) is 11.8 Å². The van der Waals surface area contributed by atoms with Crippen molar-refractivity contribution >= 4 is 39.5 Å². The molecular formula is C25H33BrN2O2S. The predicted octanol–water partition coefficient (Wildman–Crippen LogP) is 5.71. The number of thioether (sulfide) groups is 1. The number of nitrogens with zero attached hydrogens (tertiary/aromatic N) is 1. The Balaban J connectivity index is 2.13. The lowest BCUT2D eigenvalue weighted by atomic mass is 10.1. The average Bonchev–Trinajstić information content (AvgIpc) is 2.74. The van der Waals surface area contributed by atoms with E-state index in [1.807, 2.05) is 58.0 Å². The number of hydrogen-bond acceptors (Lipinski definition) is 3. The van der Waals surface area contributed by atoms with E-state index >= 15 is 0 Å². The number of nitrogens with one attached hydrogen (secondary N) is 1. The van der Waals surface area contributed by atoms with Gasteiger partial charge >= 0.3 is 0 Å². The largest absolute Gasteiger partial charge is 0.352 e. The van der Waals surface area contributed by atoms with Gasteiger partial charge in [-0.25, -0.2) is 0 Å². The molecule has 0 aliphatic carbocycles. The van der Waals surface area contributed by atoms with Gasteiger partial charge in [-0.1, -0.05) is 71.7 Å². The quantitative estimate of drug-likeness (QED) is 0.426. The Morgan fingerprint density at radius 1 is 1.06 bits per heavy atom. The zero-order valence-electron chi connectivity index (χ0n) is 18.9. The second-order valence-electron chi connectivity index (χ2n) is 7.87. The van der Waals surface area contributed by atoms with Crippen molar-refractivity contribution in [2.45, 2.75) is 64.9 Å². The van der Waals surface area contributed by atoms with E-state index in [-0.39, 0.29) is 17.9 Å². The number of carbonyl (C=O) groups excluding carboxylic acids is 2. The Morgan fingerprint density at radius 2 is 1.77 bits per heavy atom. The Labute approximate surface area is 199 Å². The van der Waals surface area contributed by atoms with E-state index in [0.29, 0.717) is 18.7 Å². The molecule has 0 aliphatic rings. The topological polar surface area (TPSA) is 49.4 Å². The smallest absolute Gasteiger partial charge is 0.243 e. The minimum atomic E-state index is -0.477. The highest BCUT2D eigenvalue weighted by atomic mass is 79.9. The van der Waals surface area contributed by atoms with Crippen LogP contribution in [0, 0.1) is 6.92 Å². The average molecular weight is 506 g/mol. The van der Waals surface area contributed by atoms with Gasteiger partial charge in [-0.2, -0.15) is 0 Å². The van der Waals surface area contributed by atoms with E-state index in [1.165, 1.54) is 5.56 Å². The van der Waals surface area contributed by atoms with E-state index in [4.69, 9.17) is 0 Å². The summed E-state index contributed by atoms with van der Waals surface area (Å²) in [5.41, 5.74) is 3.36. The maximum atomic E-state index is 13.3. The van der Waals surface area contributed by atoms with E-state index < -0.39 is 6.04 Å². The number of benzene rings is 2. The molecule has 0 fully saturated rings. The van der Waals surface area contributed by atoms with Crippen LogP contribution in [0.15, 0.2) is 53.0 Å². The summed E-state index contributed by atoms with van der Waals surface area (Å²) in [6.45, 7) is 8.47. The first-order chi connectivity index (χ1) is 14.8. The molecule has 0 spiro atoms. The Hall–Kier alpha value is -1.79. The van der Waals surface area contributed by atoms with Gasteiger partial charge in [0.25, 0.3) is 0 Å². The lowest BCUT2D eigenvalue weighted by Crippen LogP contribution is -2.51. The molecule has 0 unspecified atom stereocenters. The maximum absolute atomic E-state index is 13.3. The van der Waals surface area contributed by atoms with Gasteiger partial charge in [0, 0.05) is 22.8 Å². The molecule has 2 aromatic carbocycles. The van der Waals surface area contributed by atoms with Crippen LogP contribution >= 0.6 is 27.7 Å². The summed E-state index contributed by atoms with van der Waals surface area (Å²) >= 11 is 5.03. The molecule has 1 N–H and O–H groups in total. The monoisotopic (exact) mass is 504 g/mol. The molecule has 6 heteroatoms. The van der Waals surface area contributed by atoms with Crippen LogP contribution in [0.3, 0.4) is 0 Å². The molecule has 4 nitrogen and oxygen atoms in total. The van der Waals surface area contributed by atoms with Crippen LogP contribution in [0.1, 0.15) is 50.3 Å². The Bertz CT molecular complexity index is 857. The van der Waals surface area contributed by atoms with Crippen LogP contribution in [-0.4, -0.2) is 34.6 Å². The van der Waals surface area contributed by atoms with Gasteiger partial charge in [0.2, 0.25) is 11.8 Å². The summed E-state index contributed by atoms with van der Waals surface area (Å²) in [6, 6.07) is 15.9. The molecule has 2 atom stereocenters. The summed E-state index contributed by atoms with van der Waals surface area (Å²) < 4.78 is 1.04. The summed E-state index contributed by atoms with van der Waals surface area (Å²) in [7, 11) is 0. The second-order valence-corrected chi connectivity index (χ2v) is 9.77. The fraction of sp³-hybridized carbons (Fsp3) is 0.440. The molecule has 168 valence electrons. The summed E-state index contributed by atoms with van der Waals surface area (Å²) in [6.07, 6.45) is 1.44. The van der Waals surface area contributed by atoms with Gasteiger partial charge < -0.3 is 10.2 Å². The van der Waals surface area contributed by atoms with Crippen LogP contribution in [0.2, 0.25) is 0 Å². The number of carbonyl (C=O) groups is 2. The van der Waals surface area contributed by atoms with Crippen molar-refractivity contribution in [2.24, 2.45) is 0 Å². The van der Waals surface area contributed by atoms with Gasteiger partial charge in [0.05, 0.1) is 5.75 Å². The van der Waals surface area contributed by atoms with Crippen molar-refractivity contribution in [1.29, 1.82) is 0 Å². The fourth-order valence-corrected chi connectivity index (χ4v) is 4.42. The van der Waals surface area contributed by atoms with Crippen molar-refractivity contribution in [3.63, 3.8) is 0 Å². The van der Waals surface area contributed by atoms with E-state index in [0.717, 1.165) is 27.8 Å². The first kappa shape index (κ1) is 25.5. The Kier molecular flexibility index (Phi) is 10.6. The molecule has 31 heavy (non-hydrogen) atoms. The molecule has 0 heterocycles. The van der Waals surface area contributed by atoms with Crippen molar-refractivity contribution < 1.29 is 9.59 Å². The lowest BCUT2D eigenvalue weighted by Gasteiger charge is -2.31. The number of hydrogen-bond donors (Lipinski definition) is 1. The second kappa shape index (κ2) is 12.9. The van der Waals surface area contributed by atoms with Crippen molar-refractivity contribution in [3.05, 3.63) is 69.7 Å². The van der Waals surface area contributed by atoms with E-state index in [9.17, 15) is 9.59 Å². The van der Waals surface area contributed by atoms with Crippen LogP contribution in [0.5, 0.6) is 0 Å². The number of rotatable bonds is 11. The van der Waals surface area contributed by atoms with Gasteiger partial charge in [0.15, 0.2) is 0 Å². The summed E-state index contributed by atoms with van der Waals surface area (Å²) in [5.74, 6) is 1.02. The minimum Gasteiger partial charge on any atom is -0.352 e. The molecular weight excluding hydrogens is 472 g/mol. The van der Waals surface area contributed by atoms with Crippen molar-refractivity contribution in [3.8, 4) is 0 Å². The van der Waals surface area contributed by atoms with E-state index in [1.54, 1.807) is 16.7 Å². The Morgan fingerprint density at radius 3 is 2.39 bits per heavy atom. The predicted molar refractivity (Wildman–Crippen MR) is 134 cm³/mol. The number of halogens is 1. The molecule has 0 aromatic heterocycles. The molecule has 0 aliphatic heterocycles. The molecule has 0 radical (unpaired) electrons. The molecule has 0 bridgehead atoms. The molecule has 2 rings (SSSR count). The highest BCUT2D eigenvalue weighted by Crippen LogP contribution is 2.19. The third-order valence-corrected chi connectivity index (χ3v) is 6.75. The molecule has 0 saturated heterocycles. The molecule has 0 saturated carbocycles. The summed E-state index contributed by atoms with van der Waals surface area (Å²) in [5, 5.41) is 3.06. The maximum Gasteiger partial charge on any atom is 0.243 e. The first-order valence-electron chi connectivity index (χ1n) is 10.8. The van der Waals surface area contributed by atoms with Crippen LogP contribution in [0.4, 0.5) is 0 Å². The van der Waals surface area contributed by atoms with Crippen molar-refractivity contribution in [2.75, 3.05) is 5.75 Å². The zero-order valence-corrected chi connectivity index (χ0v) is 21.3. The zero-order chi connectivity index (χ0) is 22.8. The molecule has 2 amide bonds. The van der Waals surface area contributed by atoms with Gasteiger partial charge in [0.1, 0.15) is 6.04 Å². The number of aryl methyl sites for hydroxylation is 1. The third-order valence-electron chi connectivity index (χ3n) is 5.23. The van der Waals surface area contributed by atoms with Gasteiger partial charge in [-0.3, -0.25) is 9.59 Å². The summed E-state index contributed by atoms with van der Waals surface area (Å²) in [4.78, 5) is 28.0. The molecule has 2 aromatic rings. The van der Waals surface area contributed by atoms with Crippen LogP contribution in [0.25, 0.3) is 0 Å².